The Morgan fingerprint density at radius 3 is 2.93 bits per heavy atom. The number of fused-ring (bicyclic) bond motifs is 1. The summed E-state index contributed by atoms with van der Waals surface area (Å²) in [7, 11) is 0. The van der Waals surface area contributed by atoms with E-state index in [0.717, 1.165) is 36.2 Å². The van der Waals surface area contributed by atoms with Gasteiger partial charge in [-0.1, -0.05) is 13.8 Å². The Hall–Kier alpha value is -2.16. The molecule has 0 bridgehead atoms. The number of anilines is 1. The molecule has 148 valence electrons. The number of hydrogen-bond acceptors (Lipinski definition) is 5. The van der Waals surface area contributed by atoms with Gasteiger partial charge in [0, 0.05) is 42.9 Å². The number of aromatic nitrogens is 1. The molecule has 2 aromatic rings. The molecule has 3 atom stereocenters. The normalized spacial score (nSPS) is 26.1. The third-order valence-electron chi connectivity index (χ3n) is 6.16. The van der Waals surface area contributed by atoms with Crippen LogP contribution in [0.15, 0.2) is 30.5 Å². The van der Waals surface area contributed by atoms with E-state index in [-0.39, 0.29) is 12.2 Å². The Kier molecular flexibility index (Phi) is 5.52. The van der Waals surface area contributed by atoms with Gasteiger partial charge in [0.05, 0.1) is 23.3 Å². The lowest BCUT2D eigenvalue weighted by Gasteiger charge is -2.41. The first-order chi connectivity index (χ1) is 13.6. The molecular formula is C23H30N4O. The Morgan fingerprint density at radius 1 is 1.29 bits per heavy atom. The van der Waals surface area contributed by atoms with Crippen molar-refractivity contribution in [1.82, 2.24) is 9.88 Å². The number of hydrogen-bond donors (Lipinski definition) is 0. The molecule has 2 fully saturated rings. The lowest BCUT2D eigenvalue weighted by molar-refractivity contribution is -0.0359. The summed E-state index contributed by atoms with van der Waals surface area (Å²) in [4.78, 5) is 9.52. The summed E-state index contributed by atoms with van der Waals surface area (Å²) in [6, 6.07) is 10.9. The topological polar surface area (TPSA) is 52.4 Å². The number of benzene rings is 1. The van der Waals surface area contributed by atoms with Crippen LogP contribution in [0.25, 0.3) is 10.9 Å². The van der Waals surface area contributed by atoms with Crippen LogP contribution in [-0.2, 0) is 4.74 Å². The minimum Gasteiger partial charge on any atom is -0.370 e. The molecular weight excluding hydrogens is 348 g/mol. The third-order valence-corrected chi connectivity index (χ3v) is 6.16. The van der Waals surface area contributed by atoms with Crippen molar-refractivity contribution in [1.29, 1.82) is 5.26 Å². The monoisotopic (exact) mass is 378 g/mol. The number of rotatable bonds is 4. The highest BCUT2D eigenvalue weighted by molar-refractivity contribution is 5.95. The van der Waals surface area contributed by atoms with Gasteiger partial charge in [-0.25, -0.2) is 0 Å². The molecule has 5 nitrogen and oxygen atoms in total. The fourth-order valence-corrected chi connectivity index (χ4v) is 4.96. The molecule has 5 heteroatoms. The van der Waals surface area contributed by atoms with E-state index in [1.807, 2.05) is 12.1 Å². The zero-order chi connectivity index (χ0) is 19.7. The van der Waals surface area contributed by atoms with Gasteiger partial charge in [-0.05, 0) is 56.5 Å². The van der Waals surface area contributed by atoms with Gasteiger partial charge >= 0.3 is 0 Å². The molecule has 1 aromatic carbocycles. The summed E-state index contributed by atoms with van der Waals surface area (Å²) in [5, 5.41) is 10.5. The molecule has 2 aliphatic heterocycles. The Balaban J connectivity index is 1.58. The first-order valence-electron chi connectivity index (χ1n) is 10.5. The van der Waals surface area contributed by atoms with Crippen molar-refractivity contribution in [2.24, 2.45) is 5.92 Å². The standard InChI is InChI=1S/C23H30N4O/c1-16(2)21-7-5-11-26(21)14-19-15-27(13-17(3)28-19)22-9-8-18(12-24)23-20(22)6-4-10-25-23/h4,6,8-10,16-17,19,21H,5,7,11,13-15H2,1-3H3/t17-,19-,21?/m1/s1. The van der Waals surface area contributed by atoms with Crippen LogP contribution in [0.4, 0.5) is 5.69 Å². The van der Waals surface area contributed by atoms with E-state index in [1.165, 1.54) is 19.4 Å². The third kappa shape index (κ3) is 3.72. The first-order valence-corrected chi connectivity index (χ1v) is 10.5. The molecule has 4 rings (SSSR count). The highest BCUT2D eigenvalue weighted by Gasteiger charge is 2.33. The van der Waals surface area contributed by atoms with Crippen molar-refractivity contribution in [3.8, 4) is 6.07 Å². The van der Waals surface area contributed by atoms with Crippen molar-refractivity contribution < 1.29 is 4.74 Å². The molecule has 0 N–H and O–H groups in total. The van der Waals surface area contributed by atoms with Gasteiger partial charge in [-0.2, -0.15) is 5.26 Å². The zero-order valence-electron chi connectivity index (χ0n) is 17.1. The predicted molar refractivity (Wildman–Crippen MR) is 112 cm³/mol. The maximum absolute atomic E-state index is 9.42. The second-order valence-corrected chi connectivity index (χ2v) is 8.57. The average molecular weight is 379 g/mol. The maximum atomic E-state index is 9.42. The van der Waals surface area contributed by atoms with Crippen molar-refractivity contribution in [3.05, 3.63) is 36.0 Å². The zero-order valence-corrected chi connectivity index (χ0v) is 17.1. The Morgan fingerprint density at radius 2 is 2.14 bits per heavy atom. The molecule has 28 heavy (non-hydrogen) atoms. The number of ether oxygens (including phenoxy) is 1. The molecule has 0 spiro atoms. The quantitative estimate of drug-likeness (QED) is 0.809. The van der Waals surface area contributed by atoms with Gasteiger partial charge in [0.2, 0.25) is 0 Å². The van der Waals surface area contributed by atoms with Gasteiger partial charge in [-0.3, -0.25) is 9.88 Å². The number of nitrogens with zero attached hydrogens (tertiary/aromatic N) is 4. The van der Waals surface area contributed by atoms with E-state index in [9.17, 15) is 5.26 Å². The minimum absolute atomic E-state index is 0.182. The van der Waals surface area contributed by atoms with Gasteiger partial charge in [-0.15, -0.1) is 0 Å². The number of pyridine rings is 1. The van der Waals surface area contributed by atoms with Gasteiger partial charge in [0.15, 0.2) is 0 Å². The molecule has 2 aliphatic rings. The highest BCUT2D eigenvalue weighted by Crippen LogP contribution is 2.31. The van der Waals surface area contributed by atoms with Crippen LogP contribution in [0.1, 0.15) is 39.2 Å². The van der Waals surface area contributed by atoms with E-state index in [2.05, 4.69) is 53.8 Å². The van der Waals surface area contributed by atoms with Crippen LogP contribution in [-0.4, -0.2) is 54.3 Å². The molecule has 3 heterocycles. The fourth-order valence-electron chi connectivity index (χ4n) is 4.96. The van der Waals surface area contributed by atoms with Crippen molar-refractivity contribution >= 4 is 16.6 Å². The van der Waals surface area contributed by atoms with Crippen LogP contribution in [0.3, 0.4) is 0 Å². The second kappa shape index (κ2) is 8.06. The molecule has 1 aromatic heterocycles. The summed E-state index contributed by atoms with van der Waals surface area (Å²) >= 11 is 0. The molecule has 1 unspecified atom stereocenters. The smallest absolute Gasteiger partial charge is 0.101 e. The summed E-state index contributed by atoms with van der Waals surface area (Å²) in [6.45, 7) is 10.7. The number of likely N-dealkylation sites (tertiary alicyclic amines) is 1. The maximum Gasteiger partial charge on any atom is 0.101 e. The van der Waals surface area contributed by atoms with Crippen LogP contribution in [0, 0.1) is 17.2 Å². The SMILES string of the molecule is CC(C)C1CCCN1C[C@@H]1CN(c2ccc(C#N)c3ncccc23)C[C@@H](C)O1. The van der Waals surface area contributed by atoms with Crippen molar-refractivity contribution in [2.75, 3.05) is 31.1 Å². The molecule has 0 saturated carbocycles. The van der Waals surface area contributed by atoms with Crippen LogP contribution >= 0.6 is 0 Å². The number of morpholine rings is 1. The summed E-state index contributed by atoms with van der Waals surface area (Å²) in [6.07, 6.45) is 4.74. The van der Waals surface area contributed by atoms with E-state index >= 15 is 0 Å². The van der Waals surface area contributed by atoms with E-state index < -0.39 is 0 Å². The molecule has 2 saturated heterocycles. The van der Waals surface area contributed by atoms with E-state index in [0.29, 0.717) is 17.5 Å². The van der Waals surface area contributed by atoms with Gasteiger partial charge in [0.1, 0.15) is 6.07 Å². The predicted octanol–water partition coefficient (Wildman–Crippen LogP) is 3.82. The lowest BCUT2D eigenvalue weighted by atomic mass is 10.0. The van der Waals surface area contributed by atoms with Crippen molar-refractivity contribution in [3.63, 3.8) is 0 Å². The Bertz CT molecular complexity index is 875. The average Bonchev–Trinajstić information content (AvgIpc) is 3.15. The highest BCUT2D eigenvalue weighted by atomic mass is 16.5. The molecule has 0 radical (unpaired) electrons. The van der Waals surface area contributed by atoms with E-state index in [4.69, 9.17) is 4.74 Å². The molecule has 0 amide bonds. The fraction of sp³-hybridized carbons (Fsp3) is 0.565. The molecule has 0 aliphatic carbocycles. The van der Waals surface area contributed by atoms with Crippen LogP contribution < -0.4 is 4.90 Å². The second-order valence-electron chi connectivity index (χ2n) is 8.57. The van der Waals surface area contributed by atoms with Crippen molar-refractivity contribution in [2.45, 2.75) is 51.9 Å². The summed E-state index contributed by atoms with van der Waals surface area (Å²) in [5.41, 5.74) is 2.58. The minimum atomic E-state index is 0.182. The van der Waals surface area contributed by atoms with Crippen LogP contribution in [0.5, 0.6) is 0 Å². The van der Waals surface area contributed by atoms with E-state index in [1.54, 1.807) is 6.20 Å². The number of nitriles is 1. The van der Waals surface area contributed by atoms with Gasteiger partial charge < -0.3 is 9.64 Å². The summed E-state index contributed by atoms with van der Waals surface area (Å²) < 4.78 is 6.33. The largest absolute Gasteiger partial charge is 0.370 e. The first kappa shape index (κ1) is 19.2. The van der Waals surface area contributed by atoms with Gasteiger partial charge in [0.25, 0.3) is 0 Å². The Labute approximate surface area is 167 Å². The van der Waals surface area contributed by atoms with Crippen LogP contribution in [0.2, 0.25) is 0 Å². The summed E-state index contributed by atoms with van der Waals surface area (Å²) in [5.74, 6) is 0.688. The lowest BCUT2D eigenvalue weighted by Crippen LogP contribution is -2.52.